The first-order chi connectivity index (χ1) is 13.2. The van der Waals surface area contributed by atoms with E-state index in [1.54, 1.807) is 0 Å². The van der Waals surface area contributed by atoms with Crippen LogP contribution in [0.2, 0.25) is 0 Å². The maximum Gasteiger partial charge on any atom is 0.131 e. The Morgan fingerprint density at radius 1 is 0.593 bits per heavy atom. The van der Waals surface area contributed by atoms with Gasteiger partial charge in [-0.3, -0.25) is 15.0 Å². The Kier molecular flexibility index (Phi) is 5.14. The zero-order valence-electron chi connectivity index (χ0n) is 16.8. The van der Waals surface area contributed by atoms with Crippen LogP contribution < -0.4 is 0 Å². The molecule has 27 heavy (non-hydrogen) atoms. The normalized spacial score (nSPS) is 19.7. The molecule has 0 aromatic heterocycles. The number of amidine groups is 3. The predicted molar refractivity (Wildman–Crippen MR) is 112 cm³/mol. The number of hydrogen-bond donors (Lipinski definition) is 0. The summed E-state index contributed by atoms with van der Waals surface area (Å²) in [5.74, 6) is 3.34. The van der Waals surface area contributed by atoms with E-state index in [1.807, 2.05) is 0 Å². The smallest absolute Gasteiger partial charge is 0.131 e. The zero-order valence-corrected chi connectivity index (χ0v) is 16.8. The molecule has 0 N–H and O–H groups in total. The van der Waals surface area contributed by atoms with Crippen molar-refractivity contribution in [3.63, 3.8) is 0 Å². The van der Waals surface area contributed by atoms with E-state index in [0.29, 0.717) is 0 Å². The monoisotopic (exact) mass is 366 g/mol. The van der Waals surface area contributed by atoms with Crippen molar-refractivity contribution in [2.75, 3.05) is 58.9 Å². The van der Waals surface area contributed by atoms with E-state index in [-0.39, 0.29) is 0 Å². The Bertz CT molecular complexity index is 677. The Labute approximate surface area is 162 Å². The standard InChI is InChI=1S/C21H30N6/c1-4-25-10-7-22-19(25)16-13-17(20-23-8-11-26(20)5-2)15-18(14-16)21-24-9-12-27(21)6-3/h13-15H,4-12H2,1-3H3. The van der Waals surface area contributed by atoms with Crippen molar-refractivity contribution in [1.29, 1.82) is 0 Å². The van der Waals surface area contributed by atoms with Gasteiger partial charge in [-0.1, -0.05) is 0 Å². The van der Waals surface area contributed by atoms with Crippen molar-refractivity contribution in [1.82, 2.24) is 14.7 Å². The van der Waals surface area contributed by atoms with Gasteiger partial charge < -0.3 is 14.7 Å². The summed E-state index contributed by atoms with van der Waals surface area (Å²) in [5.41, 5.74) is 3.58. The summed E-state index contributed by atoms with van der Waals surface area (Å²) in [4.78, 5) is 21.5. The Morgan fingerprint density at radius 2 is 0.889 bits per heavy atom. The lowest BCUT2D eigenvalue weighted by Crippen LogP contribution is -2.32. The lowest BCUT2D eigenvalue weighted by Gasteiger charge is -2.23. The largest absolute Gasteiger partial charge is 0.355 e. The molecule has 0 bridgehead atoms. The van der Waals surface area contributed by atoms with E-state index in [1.165, 1.54) is 16.7 Å². The van der Waals surface area contributed by atoms with Crippen LogP contribution in [0.1, 0.15) is 37.5 Å². The molecule has 6 nitrogen and oxygen atoms in total. The predicted octanol–water partition coefficient (Wildman–Crippen LogP) is 1.93. The third-order valence-electron chi connectivity index (χ3n) is 5.65. The SMILES string of the molecule is CCN1CCN=C1c1cc(C2=NCCN2CC)cc(C2=NCCN2CC)c1. The van der Waals surface area contributed by atoms with Crippen LogP contribution in [0.3, 0.4) is 0 Å². The fourth-order valence-corrected chi connectivity index (χ4v) is 4.21. The van der Waals surface area contributed by atoms with Crippen LogP contribution in [0.4, 0.5) is 0 Å². The van der Waals surface area contributed by atoms with Crippen molar-refractivity contribution in [2.24, 2.45) is 15.0 Å². The molecule has 0 atom stereocenters. The van der Waals surface area contributed by atoms with Gasteiger partial charge in [-0.2, -0.15) is 0 Å². The minimum absolute atomic E-state index is 0.882. The quantitative estimate of drug-likeness (QED) is 0.773. The minimum Gasteiger partial charge on any atom is -0.355 e. The molecular formula is C21H30N6. The molecule has 0 radical (unpaired) electrons. The van der Waals surface area contributed by atoms with Crippen molar-refractivity contribution in [3.8, 4) is 0 Å². The topological polar surface area (TPSA) is 46.8 Å². The van der Waals surface area contributed by atoms with Crippen molar-refractivity contribution in [3.05, 3.63) is 34.9 Å². The molecule has 0 saturated carbocycles. The number of likely N-dealkylation sites (N-methyl/N-ethyl adjacent to an activating group) is 3. The molecule has 0 saturated heterocycles. The second-order valence-corrected chi connectivity index (χ2v) is 7.15. The summed E-state index contributed by atoms with van der Waals surface area (Å²) in [7, 11) is 0. The van der Waals surface area contributed by atoms with E-state index < -0.39 is 0 Å². The third-order valence-corrected chi connectivity index (χ3v) is 5.65. The van der Waals surface area contributed by atoms with Gasteiger partial charge in [0.05, 0.1) is 19.6 Å². The Hall–Kier alpha value is -2.37. The Morgan fingerprint density at radius 3 is 1.15 bits per heavy atom. The van der Waals surface area contributed by atoms with Crippen molar-refractivity contribution in [2.45, 2.75) is 20.8 Å². The molecule has 0 aliphatic carbocycles. The van der Waals surface area contributed by atoms with Gasteiger partial charge in [-0.25, -0.2) is 0 Å². The third kappa shape index (κ3) is 3.33. The summed E-state index contributed by atoms with van der Waals surface area (Å²) in [6.45, 7) is 15.2. The maximum atomic E-state index is 4.81. The van der Waals surface area contributed by atoms with E-state index >= 15 is 0 Å². The summed E-state index contributed by atoms with van der Waals surface area (Å²) in [6.07, 6.45) is 0. The first-order valence-corrected chi connectivity index (χ1v) is 10.3. The first kappa shape index (κ1) is 18.0. The highest BCUT2D eigenvalue weighted by atomic mass is 15.2. The van der Waals surface area contributed by atoms with Crippen molar-refractivity contribution >= 4 is 17.5 Å². The molecule has 0 unspecified atom stereocenters. The number of rotatable bonds is 6. The van der Waals surface area contributed by atoms with Gasteiger partial charge in [-0.05, 0) is 39.0 Å². The lowest BCUT2D eigenvalue weighted by atomic mass is 10.0. The highest BCUT2D eigenvalue weighted by molar-refractivity contribution is 6.09. The average Bonchev–Trinajstić information content (AvgIpc) is 3.46. The van der Waals surface area contributed by atoms with Gasteiger partial charge in [0.25, 0.3) is 0 Å². The van der Waals surface area contributed by atoms with E-state index in [2.05, 4.69) is 53.7 Å². The fourth-order valence-electron chi connectivity index (χ4n) is 4.21. The zero-order chi connectivity index (χ0) is 18.8. The van der Waals surface area contributed by atoms with E-state index in [0.717, 1.165) is 76.4 Å². The van der Waals surface area contributed by atoms with Crippen LogP contribution >= 0.6 is 0 Å². The molecular weight excluding hydrogens is 336 g/mol. The van der Waals surface area contributed by atoms with Crippen LogP contribution in [-0.4, -0.2) is 91.1 Å². The molecule has 0 spiro atoms. The molecule has 4 rings (SSSR count). The van der Waals surface area contributed by atoms with Crippen LogP contribution in [-0.2, 0) is 0 Å². The van der Waals surface area contributed by atoms with Crippen LogP contribution in [0.25, 0.3) is 0 Å². The molecule has 1 aromatic rings. The second kappa shape index (κ2) is 7.71. The van der Waals surface area contributed by atoms with Gasteiger partial charge in [0.2, 0.25) is 0 Å². The molecule has 3 aliphatic heterocycles. The van der Waals surface area contributed by atoms with Crippen molar-refractivity contribution < 1.29 is 0 Å². The van der Waals surface area contributed by atoms with Gasteiger partial charge in [-0.15, -0.1) is 0 Å². The van der Waals surface area contributed by atoms with E-state index in [4.69, 9.17) is 15.0 Å². The van der Waals surface area contributed by atoms with Gasteiger partial charge in [0, 0.05) is 56.0 Å². The molecule has 144 valence electrons. The molecule has 3 heterocycles. The maximum absolute atomic E-state index is 4.81. The lowest BCUT2D eigenvalue weighted by molar-refractivity contribution is 0.481. The van der Waals surface area contributed by atoms with Gasteiger partial charge in [0.1, 0.15) is 17.5 Å². The first-order valence-electron chi connectivity index (χ1n) is 10.3. The molecule has 0 fully saturated rings. The van der Waals surface area contributed by atoms with Crippen LogP contribution in [0.5, 0.6) is 0 Å². The molecule has 0 amide bonds. The number of nitrogens with zero attached hydrogens (tertiary/aromatic N) is 6. The number of benzene rings is 1. The summed E-state index contributed by atoms with van der Waals surface area (Å²) in [5, 5.41) is 0. The summed E-state index contributed by atoms with van der Waals surface area (Å²) >= 11 is 0. The Balaban J connectivity index is 1.80. The van der Waals surface area contributed by atoms with Gasteiger partial charge in [0.15, 0.2) is 0 Å². The second-order valence-electron chi connectivity index (χ2n) is 7.15. The average molecular weight is 367 g/mol. The minimum atomic E-state index is 0.882. The molecule has 6 heteroatoms. The van der Waals surface area contributed by atoms with Crippen LogP contribution in [0, 0.1) is 0 Å². The highest BCUT2D eigenvalue weighted by Gasteiger charge is 2.25. The van der Waals surface area contributed by atoms with Gasteiger partial charge >= 0.3 is 0 Å². The summed E-state index contributed by atoms with van der Waals surface area (Å²) in [6, 6.07) is 6.82. The molecule has 1 aromatic carbocycles. The van der Waals surface area contributed by atoms with Crippen LogP contribution in [0.15, 0.2) is 33.2 Å². The van der Waals surface area contributed by atoms with E-state index in [9.17, 15) is 0 Å². The fraction of sp³-hybridized carbons (Fsp3) is 0.571. The summed E-state index contributed by atoms with van der Waals surface area (Å²) < 4.78 is 0. The number of aliphatic imine (C=N–C) groups is 3. The number of hydrogen-bond acceptors (Lipinski definition) is 6. The highest BCUT2D eigenvalue weighted by Crippen LogP contribution is 2.22. The molecule has 3 aliphatic rings.